The SMILES string of the molecule is CCN1CCC(CNC(=O)c2cnc(-c3ccncc3)s2)C1. The molecule has 6 heteroatoms. The molecule has 1 saturated heterocycles. The molecule has 1 N–H and O–H groups in total. The van der Waals surface area contributed by atoms with Crippen LogP contribution in [0.4, 0.5) is 0 Å². The second-order valence-electron chi connectivity index (χ2n) is 5.52. The van der Waals surface area contributed by atoms with Crippen LogP contribution in [0, 0.1) is 5.92 Å². The average molecular weight is 316 g/mol. The van der Waals surface area contributed by atoms with Gasteiger partial charge in [0, 0.05) is 31.0 Å². The van der Waals surface area contributed by atoms with E-state index in [0.29, 0.717) is 10.8 Å². The second kappa shape index (κ2) is 6.98. The number of carbonyl (C=O) groups excluding carboxylic acids is 1. The van der Waals surface area contributed by atoms with Crippen molar-refractivity contribution in [3.8, 4) is 10.6 Å². The minimum atomic E-state index is -0.0206. The van der Waals surface area contributed by atoms with Crippen LogP contribution >= 0.6 is 11.3 Å². The molecule has 0 spiro atoms. The Labute approximate surface area is 134 Å². The van der Waals surface area contributed by atoms with Gasteiger partial charge in [-0.25, -0.2) is 4.98 Å². The summed E-state index contributed by atoms with van der Waals surface area (Å²) in [7, 11) is 0. The van der Waals surface area contributed by atoms with Gasteiger partial charge >= 0.3 is 0 Å². The van der Waals surface area contributed by atoms with Crippen molar-refractivity contribution in [3.05, 3.63) is 35.6 Å². The van der Waals surface area contributed by atoms with Crippen molar-refractivity contribution in [2.24, 2.45) is 5.92 Å². The van der Waals surface area contributed by atoms with E-state index < -0.39 is 0 Å². The summed E-state index contributed by atoms with van der Waals surface area (Å²) in [6.45, 7) is 6.25. The van der Waals surface area contributed by atoms with Crippen molar-refractivity contribution < 1.29 is 4.79 Å². The molecule has 1 unspecified atom stereocenters. The number of rotatable bonds is 5. The molecular weight excluding hydrogens is 296 g/mol. The Bertz CT molecular complexity index is 628. The topological polar surface area (TPSA) is 58.1 Å². The van der Waals surface area contributed by atoms with Gasteiger partial charge in [-0.2, -0.15) is 0 Å². The predicted molar refractivity (Wildman–Crippen MR) is 87.9 cm³/mol. The van der Waals surface area contributed by atoms with Gasteiger partial charge in [-0.05, 0) is 37.6 Å². The fourth-order valence-corrected chi connectivity index (χ4v) is 3.54. The lowest BCUT2D eigenvalue weighted by Crippen LogP contribution is -2.30. The van der Waals surface area contributed by atoms with Crippen LogP contribution in [0.2, 0.25) is 0 Å². The van der Waals surface area contributed by atoms with E-state index in [9.17, 15) is 4.79 Å². The number of likely N-dealkylation sites (tertiary alicyclic amines) is 1. The summed E-state index contributed by atoms with van der Waals surface area (Å²) in [6.07, 6.45) is 6.29. The molecule has 0 saturated carbocycles. The van der Waals surface area contributed by atoms with E-state index >= 15 is 0 Å². The highest BCUT2D eigenvalue weighted by molar-refractivity contribution is 7.16. The van der Waals surface area contributed by atoms with Crippen LogP contribution in [0.3, 0.4) is 0 Å². The Kier molecular flexibility index (Phi) is 4.80. The summed E-state index contributed by atoms with van der Waals surface area (Å²) in [5.41, 5.74) is 0.994. The minimum Gasteiger partial charge on any atom is -0.351 e. The van der Waals surface area contributed by atoms with Crippen LogP contribution in [0.5, 0.6) is 0 Å². The second-order valence-corrected chi connectivity index (χ2v) is 6.55. The molecule has 3 heterocycles. The zero-order chi connectivity index (χ0) is 15.4. The molecule has 0 aromatic carbocycles. The third kappa shape index (κ3) is 3.51. The highest BCUT2D eigenvalue weighted by Gasteiger charge is 2.22. The maximum absolute atomic E-state index is 12.2. The van der Waals surface area contributed by atoms with Gasteiger partial charge in [-0.3, -0.25) is 9.78 Å². The normalized spacial score (nSPS) is 18.5. The Morgan fingerprint density at radius 2 is 2.27 bits per heavy atom. The molecule has 1 amide bonds. The van der Waals surface area contributed by atoms with Gasteiger partial charge in [0.05, 0.1) is 6.20 Å². The predicted octanol–water partition coefficient (Wildman–Crippen LogP) is 2.28. The molecule has 1 fully saturated rings. The largest absolute Gasteiger partial charge is 0.351 e. The van der Waals surface area contributed by atoms with Crippen molar-refractivity contribution in [1.29, 1.82) is 0 Å². The van der Waals surface area contributed by atoms with Gasteiger partial charge in [0.2, 0.25) is 0 Å². The number of pyridine rings is 1. The first-order chi connectivity index (χ1) is 10.8. The first-order valence-electron chi connectivity index (χ1n) is 7.63. The van der Waals surface area contributed by atoms with Crippen molar-refractivity contribution in [2.75, 3.05) is 26.2 Å². The van der Waals surface area contributed by atoms with Crippen LogP contribution in [0.1, 0.15) is 23.0 Å². The van der Waals surface area contributed by atoms with Crippen molar-refractivity contribution in [3.63, 3.8) is 0 Å². The Morgan fingerprint density at radius 3 is 3.00 bits per heavy atom. The molecular formula is C16H20N4OS. The van der Waals surface area contributed by atoms with E-state index in [-0.39, 0.29) is 5.91 Å². The summed E-state index contributed by atoms with van der Waals surface area (Å²) >= 11 is 1.42. The summed E-state index contributed by atoms with van der Waals surface area (Å²) in [5, 5.41) is 3.90. The van der Waals surface area contributed by atoms with E-state index in [4.69, 9.17) is 0 Å². The number of carbonyl (C=O) groups is 1. The fraction of sp³-hybridized carbons (Fsp3) is 0.438. The maximum atomic E-state index is 12.2. The quantitative estimate of drug-likeness (QED) is 0.919. The number of thiazole rings is 1. The van der Waals surface area contributed by atoms with Crippen LogP contribution in [-0.2, 0) is 0 Å². The highest BCUT2D eigenvalue weighted by atomic mass is 32.1. The monoisotopic (exact) mass is 316 g/mol. The van der Waals surface area contributed by atoms with Crippen LogP contribution < -0.4 is 5.32 Å². The number of nitrogens with zero attached hydrogens (tertiary/aromatic N) is 3. The van der Waals surface area contributed by atoms with Crippen molar-refractivity contribution >= 4 is 17.2 Å². The molecule has 1 aliphatic heterocycles. The first-order valence-corrected chi connectivity index (χ1v) is 8.44. The number of aromatic nitrogens is 2. The molecule has 2 aromatic heterocycles. The Balaban J connectivity index is 1.56. The summed E-state index contributed by atoms with van der Waals surface area (Å²) in [4.78, 5) is 23.6. The average Bonchev–Trinajstić information content (AvgIpc) is 3.22. The minimum absolute atomic E-state index is 0.0206. The molecule has 0 bridgehead atoms. The fourth-order valence-electron chi connectivity index (χ4n) is 2.70. The maximum Gasteiger partial charge on any atom is 0.263 e. The molecule has 22 heavy (non-hydrogen) atoms. The van der Waals surface area contributed by atoms with Gasteiger partial charge in [-0.15, -0.1) is 11.3 Å². The molecule has 0 aliphatic carbocycles. The first kappa shape index (κ1) is 15.1. The molecule has 2 aromatic rings. The number of hydrogen-bond acceptors (Lipinski definition) is 5. The number of nitrogens with one attached hydrogen (secondary N) is 1. The lowest BCUT2D eigenvalue weighted by Gasteiger charge is -2.13. The third-order valence-electron chi connectivity index (χ3n) is 4.03. The lowest BCUT2D eigenvalue weighted by atomic mass is 10.1. The standard InChI is InChI=1S/C16H20N4OS/c1-2-20-8-5-12(11-20)9-18-15(21)14-10-19-16(22-14)13-3-6-17-7-4-13/h3-4,6-7,10,12H,2,5,8-9,11H2,1H3,(H,18,21). The summed E-state index contributed by atoms with van der Waals surface area (Å²) in [6, 6.07) is 3.80. The molecule has 5 nitrogen and oxygen atoms in total. The Morgan fingerprint density at radius 1 is 1.45 bits per heavy atom. The Hall–Kier alpha value is -1.79. The van der Waals surface area contributed by atoms with Crippen molar-refractivity contribution in [2.45, 2.75) is 13.3 Å². The molecule has 0 radical (unpaired) electrons. The number of amides is 1. The highest BCUT2D eigenvalue weighted by Crippen LogP contribution is 2.24. The third-order valence-corrected chi connectivity index (χ3v) is 5.07. The van der Waals surface area contributed by atoms with Gasteiger partial charge in [-0.1, -0.05) is 6.92 Å². The van der Waals surface area contributed by atoms with Crippen LogP contribution in [0.25, 0.3) is 10.6 Å². The van der Waals surface area contributed by atoms with E-state index in [1.54, 1.807) is 18.6 Å². The zero-order valence-corrected chi connectivity index (χ0v) is 13.5. The molecule has 116 valence electrons. The summed E-state index contributed by atoms with van der Waals surface area (Å²) in [5.74, 6) is 0.546. The van der Waals surface area contributed by atoms with Crippen LogP contribution in [0.15, 0.2) is 30.7 Å². The van der Waals surface area contributed by atoms with E-state index in [2.05, 4.69) is 27.1 Å². The van der Waals surface area contributed by atoms with Gasteiger partial charge in [0.15, 0.2) is 0 Å². The zero-order valence-electron chi connectivity index (χ0n) is 12.7. The lowest BCUT2D eigenvalue weighted by molar-refractivity contribution is 0.0951. The van der Waals surface area contributed by atoms with Gasteiger partial charge in [0.25, 0.3) is 5.91 Å². The number of hydrogen-bond donors (Lipinski definition) is 1. The molecule has 1 atom stereocenters. The smallest absolute Gasteiger partial charge is 0.263 e. The van der Waals surface area contributed by atoms with E-state index in [1.807, 2.05) is 12.1 Å². The van der Waals surface area contributed by atoms with E-state index in [1.165, 1.54) is 17.8 Å². The van der Waals surface area contributed by atoms with E-state index in [0.717, 1.165) is 36.8 Å². The van der Waals surface area contributed by atoms with Crippen molar-refractivity contribution in [1.82, 2.24) is 20.2 Å². The molecule has 1 aliphatic rings. The van der Waals surface area contributed by atoms with Gasteiger partial charge < -0.3 is 10.2 Å². The van der Waals surface area contributed by atoms with Gasteiger partial charge in [0.1, 0.15) is 9.88 Å². The van der Waals surface area contributed by atoms with Crippen LogP contribution in [-0.4, -0.2) is 47.0 Å². The summed E-state index contributed by atoms with van der Waals surface area (Å²) < 4.78 is 0. The molecule has 3 rings (SSSR count).